The van der Waals surface area contributed by atoms with E-state index in [9.17, 15) is 0 Å². The van der Waals surface area contributed by atoms with Gasteiger partial charge in [0.25, 0.3) is 0 Å². The van der Waals surface area contributed by atoms with Crippen LogP contribution in [0.25, 0.3) is 0 Å². The van der Waals surface area contributed by atoms with Crippen LogP contribution in [-0.4, -0.2) is 21.2 Å². The minimum atomic E-state index is 1.09. The lowest BCUT2D eigenvalue weighted by atomic mass is 10.3. The lowest BCUT2D eigenvalue weighted by molar-refractivity contribution is -0.889. The molecule has 0 aliphatic rings. The van der Waals surface area contributed by atoms with Gasteiger partial charge in [-0.05, 0) is 0 Å². The van der Waals surface area contributed by atoms with Gasteiger partial charge in [0.1, 0.15) is 7.11 Å². The molecule has 0 spiro atoms. The molecule has 0 amide bonds. The molecule has 1 aromatic rings. The molecule has 3 heteroatoms. The lowest BCUT2D eigenvalue weighted by Gasteiger charge is -2.10. The van der Waals surface area contributed by atoms with Gasteiger partial charge in [0.15, 0.2) is 0 Å². The van der Waals surface area contributed by atoms with Crippen molar-refractivity contribution in [2.24, 2.45) is 0 Å². The van der Waals surface area contributed by atoms with Gasteiger partial charge in [0.2, 0.25) is 11.9 Å². The summed E-state index contributed by atoms with van der Waals surface area (Å²) in [7, 11) is 5.69. The van der Waals surface area contributed by atoms with Gasteiger partial charge >= 0.3 is 0 Å². The topological polar surface area (TPSA) is 16.4 Å². The molecule has 0 aromatic carbocycles. The standard InChI is InChI=1S/C9H15N2O/c1-8-7-9(10(2)3)5-6-11(8)12-4/h5-7H,1-4H3/q+1. The molecule has 1 aromatic heterocycles. The monoisotopic (exact) mass is 167 g/mol. The molecule has 0 unspecified atom stereocenters. The molecule has 0 saturated heterocycles. The van der Waals surface area contributed by atoms with Gasteiger partial charge in [0, 0.05) is 43.6 Å². The van der Waals surface area contributed by atoms with E-state index in [1.807, 2.05) is 33.3 Å². The molecule has 0 aliphatic heterocycles. The van der Waals surface area contributed by atoms with Gasteiger partial charge in [-0.1, -0.05) is 0 Å². The van der Waals surface area contributed by atoms with Crippen LogP contribution in [0.2, 0.25) is 0 Å². The summed E-state index contributed by atoms with van der Waals surface area (Å²) in [6.07, 6.45) is 1.91. The maximum absolute atomic E-state index is 5.08. The van der Waals surface area contributed by atoms with Crippen LogP contribution in [0.5, 0.6) is 0 Å². The number of rotatable bonds is 2. The maximum atomic E-state index is 5.08. The van der Waals surface area contributed by atoms with Crippen molar-refractivity contribution < 1.29 is 9.57 Å². The number of pyridine rings is 1. The van der Waals surface area contributed by atoms with Gasteiger partial charge in [-0.2, -0.15) is 0 Å². The quantitative estimate of drug-likeness (QED) is 0.593. The molecule has 0 aliphatic carbocycles. The van der Waals surface area contributed by atoms with Gasteiger partial charge in [-0.25, -0.2) is 0 Å². The van der Waals surface area contributed by atoms with Gasteiger partial charge < -0.3 is 4.90 Å². The zero-order valence-electron chi connectivity index (χ0n) is 8.03. The summed E-state index contributed by atoms with van der Waals surface area (Å²) in [4.78, 5) is 7.14. The number of aryl methyl sites for hydroxylation is 1. The predicted molar refractivity (Wildman–Crippen MR) is 48.2 cm³/mol. The van der Waals surface area contributed by atoms with Crippen LogP contribution < -0.4 is 14.5 Å². The van der Waals surface area contributed by atoms with E-state index in [1.54, 1.807) is 11.8 Å². The maximum Gasteiger partial charge on any atom is 0.233 e. The molecule has 66 valence electrons. The van der Waals surface area contributed by atoms with Gasteiger partial charge in [-0.3, -0.25) is 4.84 Å². The van der Waals surface area contributed by atoms with Crippen LogP contribution >= 0.6 is 0 Å². The Kier molecular flexibility index (Phi) is 2.53. The van der Waals surface area contributed by atoms with Crippen LogP contribution in [0.1, 0.15) is 5.69 Å². The highest BCUT2D eigenvalue weighted by Gasteiger charge is 2.07. The van der Waals surface area contributed by atoms with Crippen molar-refractivity contribution in [1.29, 1.82) is 0 Å². The van der Waals surface area contributed by atoms with Gasteiger partial charge in [-0.15, -0.1) is 0 Å². The lowest BCUT2D eigenvalue weighted by Crippen LogP contribution is -2.43. The highest BCUT2D eigenvalue weighted by molar-refractivity contribution is 5.43. The van der Waals surface area contributed by atoms with E-state index in [-0.39, 0.29) is 0 Å². The first-order valence-electron chi connectivity index (χ1n) is 3.89. The number of aromatic nitrogens is 1. The number of nitrogens with zero attached hydrogens (tertiary/aromatic N) is 2. The Morgan fingerprint density at radius 2 is 2.08 bits per heavy atom. The minimum absolute atomic E-state index is 1.09. The summed E-state index contributed by atoms with van der Waals surface area (Å²) in [5.41, 5.74) is 2.27. The van der Waals surface area contributed by atoms with Crippen molar-refractivity contribution in [1.82, 2.24) is 0 Å². The summed E-state index contributed by atoms with van der Waals surface area (Å²) in [5, 5.41) is 0. The molecule has 0 radical (unpaired) electrons. The largest absolute Gasteiger partial charge is 0.377 e. The summed E-state index contributed by atoms with van der Waals surface area (Å²) < 4.78 is 1.73. The Hall–Kier alpha value is -1.25. The SMILES string of the molecule is CO[n+]1ccc(N(C)C)cc1C. The van der Waals surface area contributed by atoms with E-state index in [4.69, 9.17) is 4.84 Å². The van der Waals surface area contributed by atoms with E-state index in [2.05, 4.69) is 11.0 Å². The zero-order valence-corrected chi connectivity index (χ0v) is 8.03. The number of hydrogen-bond donors (Lipinski definition) is 0. The molecule has 0 bridgehead atoms. The first kappa shape index (κ1) is 8.84. The molecule has 0 atom stereocenters. The second-order valence-corrected chi connectivity index (χ2v) is 2.93. The predicted octanol–water partition coefficient (Wildman–Crippen LogP) is 0.407. The third-order valence-electron chi connectivity index (χ3n) is 1.80. The molecule has 1 rings (SSSR count). The minimum Gasteiger partial charge on any atom is -0.377 e. The van der Waals surface area contributed by atoms with Crippen molar-refractivity contribution in [3.63, 3.8) is 0 Å². The van der Waals surface area contributed by atoms with Gasteiger partial charge in [0.05, 0.1) is 0 Å². The Balaban J connectivity index is 3.02. The number of hydrogen-bond acceptors (Lipinski definition) is 2. The molecule has 12 heavy (non-hydrogen) atoms. The third-order valence-corrected chi connectivity index (χ3v) is 1.80. The molecule has 0 N–H and O–H groups in total. The summed E-state index contributed by atoms with van der Waals surface area (Å²) in [6, 6.07) is 4.08. The zero-order chi connectivity index (χ0) is 9.14. The summed E-state index contributed by atoms with van der Waals surface area (Å²) in [5.74, 6) is 0. The van der Waals surface area contributed by atoms with Crippen molar-refractivity contribution in [2.45, 2.75) is 6.92 Å². The molecule has 1 heterocycles. The van der Waals surface area contributed by atoms with Crippen molar-refractivity contribution in [2.75, 3.05) is 26.1 Å². The van der Waals surface area contributed by atoms with Crippen LogP contribution in [0.3, 0.4) is 0 Å². The van der Waals surface area contributed by atoms with E-state index in [1.165, 1.54) is 5.69 Å². The van der Waals surface area contributed by atoms with Crippen LogP contribution in [0, 0.1) is 6.92 Å². The third kappa shape index (κ3) is 1.67. The highest BCUT2D eigenvalue weighted by Crippen LogP contribution is 2.08. The fraction of sp³-hybridized carbons (Fsp3) is 0.444. The second-order valence-electron chi connectivity index (χ2n) is 2.93. The first-order chi connectivity index (χ1) is 5.65. The Labute approximate surface area is 73.1 Å². The fourth-order valence-electron chi connectivity index (χ4n) is 1.07. The highest BCUT2D eigenvalue weighted by atomic mass is 16.6. The summed E-state index contributed by atoms with van der Waals surface area (Å²) in [6.45, 7) is 2.01. The van der Waals surface area contributed by atoms with Crippen molar-refractivity contribution >= 4 is 5.69 Å². The van der Waals surface area contributed by atoms with E-state index in [0.717, 1.165) is 5.69 Å². The first-order valence-corrected chi connectivity index (χ1v) is 3.89. The summed E-state index contributed by atoms with van der Waals surface area (Å²) >= 11 is 0. The van der Waals surface area contributed by atoms with E-state index in [0.29, 0.717) is 0 Å². The Morgan fingerprint density at radius 1 is 1.42 bits per heavy atom. The molecular formula is C9H15N2O+. The van der Waals surface area contributed by atoms with E-state index >= 15 is 0 Å². The normalized spacial score (nSPS) is 9.67. The van der Waals surface area contributed by atoms with Crippen LogP contribution in [-0.2, 0) is 0 Å². The Bertz CT molecular complexity index is 271. The Morgan fingerprint density at radius 3 is 2.50 bits per heavy atom. The van der Waals surface area contributed by atoms with Crippen molar-refractivity contribution in [3.05, 3.63) is 24.0 Å². The molecule has 0 saturated carbocycles. The molecular weight excluding hydrogens is 152 g/mol. The second kappa shape index (κ2) is 3.43. The smallest absolute Gasteiger partial charge is 0.233 e. The van der Waals surface area contributed by atoms with Crippen molar-refractivity contribution in [3.8, 4) is 0 Å². The molecule has 3 nitrogen and oxygen atoms in total. The molecule has 0 fully saturated rings. The average Bonchev–Trinajstić information content (AvgIpc) is 2.04. The average molecular weight is 167 g/mol. The van der Waals surface area contributed by atoms with Crippen LogP contribution in [0.15, 0.2) is 18.3 Å². The van der Waals surface area contributed by atoms with Crippen LogP contribution in [0.4, 0.5) is 5.69 Å². The fourth-order valence-corrected chi connectivity index (χ4v) is 1.07. The van der Waals surface area contributed by atoms with E-state index < -0.39 is 0 Å². The number of anilines is 1.